The van der Waals surface area contributed by atoms with E-state index in [0.717, 1.165) is 25.0 Å². The van der Waals surface area contributed by atoms with Gasteiger partial charge >= 0.3 is 12.5 Å². The highest BCUT2D eigenvalue weighted by molar-refractivity contribution is 6.24. The maximum absolute atomic E-state index is 12.7. The molecular weight excluding hydrogens is 495 g/mol. The highest BCUT2D eigenvalue weighted by Crippen LogP contribution is 2.62. The number of amides is 1. The Morgan fingerprint density at radius 3 is 2.54 bits per heavy atom. The first-order valence-electron chi connectivity index (χ1n) is 11.5. The number of halogens is 4. The van der Waals surface area contributed by atoms with Crippen molar-refractivity contribution >= 4 is 23.4 Å². The molecule has 6 rings (SSSR count). The van der Waals surface area contributed by atoms with Gasteiger partial charge in [0.2, 0.25) is 12.1 Å². The van der Waals surface area contributed by atoms with Gasteiger partial charge in [-0.2, -0.15) is 0 Å². The number of rotatable bonds is 3. The van der Waals surface area contributed by atoms with Crippen molar-refractivity contribution in [1.82, 2.24) is 0 Å². The van der Waals surface area contributed by atoms with Crippen molar-refractivity contribution in [3.8, 4) is 5.75 Å². The third kappa shape index (κ3) is 4.35. The van der Waals surface area contributed by atoms with Crippen LogP contribution in [0.2, 0.25) is 0 Å². The number of anilines is 1. The molecule has 0 radical (unpaired) electrons. The van der Waals surface area contributed by atoms with E-state index in [1.54, 1.807) is 13.8 Å². The number of benzene rings is 1. The highest BCUT2D eigenvalue weighted by atomic mass is 35.5. The fourth-order valence-corrected chi connectivity index (χ4v) is 6.35. The highest BCUT2D eigenvalue weighted by Gasteiger charge is 2.73. The molecule has 1 amide bonds. The van der Waals surface area contributed by atoms with Gasteiger partial charge in [-0.3, -0.25) is 5.32 Å². The molecule has 2 bridgehead atoms. The first-order valence-corrected chi connectivity index (χ1v) is 11.9. The van der Waals surface area contributed by atoms with Gasteiger partial charge in [0.1, 0.15) is 10.6 Å². The van der Waals surface area contributed by atoms with Crippen molar-refractivity contribution in [1.29, 1.82) is 0 Å². The molecule has 0 aromatic heterocycles. The van der Waals surface area contributed by atoms with Crippen molar-refractivity contribution in [2.75, 3.05) is 5.32 Å². The molecule has 8 nitrogen and oxygen atoms in total. The van der Waals surface area contributed by atoms with E-state index in [0.29, 0.717) is 18.8 Å². The van der Waals surface area contributed by atoms with Crippen LogP contribution >= 0.6 is 11.6 Å². The average molecular weight is 522 g/mol. The minimum Gasteiger partial charge on any atom is -0.417 e. The van der Waals surface area contributed by atoms with E-state index in [9.17, 15) is 18.0 Å². The maximum atomic E-state index is 12.7. The van der Waals surface area contributed by atoms with Crippen molar-refractivity contribution < 1.29 is 46.7 Å². The predicted molar refractivity (Wildman–Crippen MR) is 115 cm³/mol. The van der Waals surface area contributed by atoms with Crippen molar-refractivity contribution in [2.45, 2.75) is 81.7 Å². The lowest BCUT2D eigenvalue weighted by Crippen LogP contribution is -2.74. The van der Waals surface area contributed by atoms with E-state index in [2.05, 4.69) is 17.0 Å². The van der Waals surface area contributed by atoms with E-state index < -0.39 is 47.0 Å². The van der Waals surface area contributed by atoms with Gasteiger partial charge in [-0.15, -0.1) is 24.8 Å². The van der Waals surface area contributed by atoms with Gasteiger partial charge < -0.3 is 18.9 Å². The summed E-state index contributed by atoms with van der Waals surface area (Å²) in [6.07, 6.45) is -4.68. The van der Waals surface area contributed by atoms with E-state index >= 15 is 0 Å². The fraction of sp³-hybridized carbons (Fsp3) is 0.696. The third-order valence-electron chi connectivity index (χ3n) is 7.66. The summed E-state index contributed by atoms with van der Waals surface area (Å²) in [6, 6.07) is 4.66. The lowest BCUT2D eigenvalue weighted by Gasteiger charge is -2.61. The minimum atomic E-state index is -4.81. The fourth-order valence-electron chi connectivity index (χ4n) is 5.98. The Labute approximate surface area is 205 Å². The van der Waals surface area contributed by atoms with Crippen LogP contribution in [0.3, 0.4) is 0 Å². The normalized spacial score (nSPS) is 42.5. The summed E-state index contributed by atoms with van der Waals surface area (Å²) in [7, 11) is 0. The van der Waals surface area contributed by atoms with Gasteiger partial charge in [-0.25, -0.2) is 14.6 Å². The van der Waals surface area contributed by atoms with Crippen LogP contribution in [0.15, 0.2) is 24.3 Å². The molecule has 1 aromatic rings. The number of alkyl halides is 4. The van der Waals surface area contributed by atoms with Crippen LogP contribution in [0.4, 0.5) is 23.7 Å². The molecule has 4 aliphatic heterocycles. The van der Waals surface area contributed by atoms with Gasteiger partial charge in [0.15, 0.2) is 11.9 Å². The van der Waals surface area contributed by atoms with E-state index in [-0.39, 0.29) is 17.5 Å². The average Bonchev–Trinajstić information content (AvgIpc) is 2.98. The molecule has 12 heteroatoms. The van der Waals surface area contributed by atoms with Crippen LogP contribution in [-0.2, 0) is 24.0 Å². The molecule has 4 heterocycles. The first kappa shape index (κ1) is 24.9. The SMILES string of the molecule is C[C@@H]1CC[C@H]2[C@@](C)(Cl)[C@@H](OC(=O)Nc3ccc(OC(F)(F)F)cc3)O[C@@H]3O[C@@]4(C)CC[C@@H]1[C@]32OO4. The van der Waals surface area contributed by atoms with E-state index in [1.807, 2.05) is 0 Å². The molecule has 4 saturated heterocycles. The summed E-state index contributed by atoms with van der Waals surface area (Å²) < 4.78 is 58.8. The van der Waals surface area contributed by atoms with Gasteiger partial charge in [0.05, 0.1) is 0 Å². The van der Waals surface area contributed by atoms with Crippen LogP contribution in [0.5, 0.6) is 5.75 Å². The first-order chi connectivity index (χ1) is 16.3. The Hall–Kier alpha value is -1.79. The second kappa shape index (κ2) is 8.37. The Bertz CT molecular complexity index is 977. The lowest BCUT2D eigenvalue weighted by molar-refractivity contribution is -0.574. The zero-order chi connectivity index (χ0) is 25.2. The molecular formula is C23H27ClF3NO7. The van der Waals surface area contributed by atoms with Crippen molar-refractivity contribution in [3.63, 3.8) is 0 Å². The van der Waals surface area contributed by atoms with E-state index in [1.165, 1.54) is 12.1 Å². The predicted octanol–water partition coefficient (Wildman–Crippen LogP) is 5.70. The Balaban J connectivity index is 1.33. The zero-order valence-corrected chi connectivity index (χ0v) is 20.2. The standard InChI is InChI=1S/C23H27ClF3NO7/c1-12-4-9-16-21(3,24)17(30-18-22(16)15(12)10-11-20(2,33-18)34-35-22)31-19(29)28-13-5-7-14(8-6-13)32-23(25,26)27/h5-8,12,15-18H,4,9-11H2,1-3H3,(H,28,29)/t12-,15+,16+,17-,18-,20-,21-,22-/m1/s1. The quantitative estimate of drug-likeness (QED) is 0.403. The maximum Gasteiger partial charge on any atom is 0.573 e. The molecule has 35 heavy (non-hydrogen) atoms. The van der Waals surface area contributed by atoms with Crippen LogP contribution < -0.4 is 10.1 Å². The second-order valence-corrected chi connectivity index (χ2v) is 10.9. The number of hydrogen-bond donors (Lipinski definition) is 1. The molecule has 1 N–H and O–H groups in total. The second-order valence-electron chi connectivity index (χ2n) is 10.1. The zero-order valence-electron chi connectivity index (χ0n) is 19.4. The summed E-state index contributed by atoms with van der Waals surface area (Å²) in [5, 5.41) is 2.47. The van der Waals surface area contributed by atoms with Crippen LogP contribution in [0, 0.1) is 17.8 Å². The van der Waals surface area contributed by atoms with Crippen LogP contribution in [0.1, 0.15) is 46.5 Å². The minimum absolute atomic E-state index is 0.0841. The Morgan fingerprint density at radius 1 is 1.14 bits per heavy atom. The molecule has 0 unspecified atom stereocenters. The van der Waals surface area contributed by atoms with Gasteiger partial charge in [0, 0.05) is 18.0 Å². The Kier molecular flexibility index (Phi) is 5.95. The summed E-state index contributed by atoms with van der Waals surface area (Å²) >= 11 is 7.03. The molecule has 194 valence electrons. The molecule has 1 spiro atoms. The molecule has 1 aromatic carbocycles. The summed E-state index contributed by atoms with van der Waals surface area (Å²) in [5.41, 5.74) is -0.733. The number of ether oxygens (including phenoxy) is 4. The van der Waals surface area contributed by atoms with Crippen molar-refractivity contribution in [3.05, 3.63) is 24.3 Å². The molecule has 5 aliphatic rings. The topological polar surface area (TPSA) is 84.5 Å². The number of fused-ring (bicyclic) bond motifs is 2. The number of nitrogens with one attached hydrogen (secondary N) is 1. The lowest BCUT2D eigenvalue weighted by atomic mass is 9.58. The Morgan fingerprint density at radius 2 is 1.86 bits per heavy atom. The number of carbonyl (C=O) groups excluding carboxylic acids is 1. The van der Waals surface area contributed by atoms with Gasteiger partial charge in [-0.05, 0) is 69.2 Å². The monoisotopic (exact) mass is 521 g/mol. The van der Waals surface area contributed by atoms with Crippen LogP contribution in [-0.4, -0.2) is 41.3 Å². The number of hydrogen-bond acceptors (Lipinski definition) is 7. The summed E-state index contributed by atoms with van der Waals surface area (Å²) in [5.74, 6) is -1.28. The summed E-state index contributed by atoms with van der Waals surface area (Å²) in [4.78, 5) is 23.3. The van der Waals surface area contributed by atoms with Crippen LogP contribution in [0.25, 0.3) is 0 Å². The molecule has 5 fully saturated rings. The van der Waals surface area contributed by atoms with E-state index in [4.69, 9.17) is 35.6 Å². The number of carbonyl (C=O) groups is 1. The van der Waals surface area contributed by atoms with Gasteiger partial charge in [0.25, 0.3) is 0 Å². The molecule has 1 saturated carbocycles. The molecule has 8 atom stereocenters. The molecule has 1 aliphatic carbocycles. The largest absolute Gasteiger partial charge is 0.573 e. The summed E-state index contributed by atoms with van der Waals surface area (Å²) in [6.45, 7) is 5.69. The van der Waals surface area contributed by atoms with Gasteiger partial charge in [-0.1, -0.05) is 6.92 Å². The smallest absolute Gasteiger partial charge is 0.417 e. The van der Waals surface area contributed by atoms with Crippen molar-refractivity contribution in [2.24, 2.45) is 17.8 Å². The third-order valence-corrected chi connectivity index (χ3v) is 8.10.